The van der Waals surface area contributed by atoms with Gasteiger partial charge < -0.3 is 20.1 Å². The lowest BCUT2D eigenvalue weighted by atomic mass is 10.5. The SMILES string of the molecule is C1CNCCN[SiH2]ONCCN1. The Hall–Kier alpha value is 0.0169. The molecule has 0 aromatic heterocycles. The first-order valence-corrected chi connectivity index (χ1v) is 5.75. The first-order chi connectivity index (χ1) is 6.00. The maximum absolute atomic E-state index is 5.22. The van der Waals surface area contributed by atoms with Gasteiger partial charge >= 0.3 is 0 Å². The van der Waals surface area contributed by atoms with Crippen LogP contribution in [0.15, 0.2) is 0 Å². The maximum atomic E-state index is 5.22. The van der Waals surface area contributed by atoms with Gasteiger partial charge in [0, 0.05) is 39.3 Å². The van der Waals surface area contributed by atoms with Crippen molar-refractivity contribution >= 4 is 9.92 Å². The van der Waals surface area contributed by atoms with Crippen molar-refractivity contribution in [1.29, 1.82) is 0 Å². The Morgan fingerprint density at radius 2 is 1.50 bits per heavy atom. The topological polar surface area (TPSA) is 57.4 Å². The van der Waals surface area contributed by atoms with E-state index in [1.807, 2.05) is 0 Å². The van der Waals surface area contributed by atoms with Gasteiger partial charge in [-0.05, 0) is 0 Å². The van der Waals surface area contributed by atoms with Gasteiger partial charge in [-0.1, -0.05) is 0 Å². The zero-order valence-corrected chi connectivity index (χ0v) is 8.77. The van der Waals surface area contributed by atoms with Crippen LogP contribution in [0, 0.1) is 0 Å². The largest absolute Gasteiger partial charge is 0.334 e. The van der Waals surface area contributed by atoms with Crippen molar-refractivity contribution in [1.82, 2.24) is 21.1 Å². The third-order valence-electron chi connectivity index (χ3n) is 1.64. The van der Waals surface area contributed by atoms with Gasteiger partial charge in [0.2, 0.25) is 0 Å². The molecule has 1 aliphatic heterocycles. The molecule has 0 spiro atoms. The van der Waals surface area contributed by atoms with Gasteiger partial charge in [0.25, 0.3) is 9.92 Å². The zero-order chi connectivity index (χ0) is 8.49. The highest BCUT2D eigenvalue weighted by Gasteiger charge is 1.92. The smallest absolute Gasteiger partial charge is 0.262 e. The first-order valence-electron chi connectivity index (χ1n) is 4.47. The minimum Gasteiger partial charge on any atom is -0.334 e. The van der Waals surface area contributed by atoms with E-state index in [-0.39, 0.29) is 0 Å². The highest BCUT2D eigenvalue weighted by Crippen LogP contribution is 1.65. The summed E-state index contributed by atoms with van der Waals surface area (Å²) in [6, 6.07) is 0. The molecule has 0 amide bonds. The fraction of sp³-hybridized carbons (Fsp3) is 1.00. The molecule has 0 aliphatic carbocycles. The Labute approximate surface area is 75.6 Å². The number of hydrogen-bond donors (Lipinski definition) is 4. The maximum Gasteiger partial charge on any atom is 0.262 e. The van der Waals surface area contributed by atoms with Gasteiger partial charge in [0.1, 0.15) is 0 Å². The zero-order valence-electron chi connectivity index (χ0n) is 7.36. The molecule has 72 valence electrons. The molecule has 0 aromatic carbocycles. The third-order valence-corrected chi connectivity index (χ3v) is 2.54. The van der Waals surface area contributed by atoms with Crippen LogP contribution < -0.4 is 21.1 Å². The molecule has 12 heavy (non-hydrogen) atoms. The molecule has 4 N–H and O–H groups in total. The van der Waals surface area contributed by atoms with Crippen molar-refractivity contribution in [3.05, 3.63) is 0 Å². The Morgan fingerprint density at radius 3 is 2.33 bits per heavy atom. The minimum atomic E-state index is -0.542. The molecular formula is C6H18N4OSi. The van der Waals surface area contributed by atoms with E-state index in [0.29, 0.717) is 0 Å². The van der Waals surface area contributed by atoms with Gasteiger partial charge in [-0.3, -0.25) is 0 Å². The average Bonchev–Trinajstić information content (AvgIpc) is 2.05. The van der Waals surface area contributed by atoms with Gasteiger partial charge in [-0.15, -0.1) is 0 Å². The summed E-state index contributed by atoms with van der Waals surface area (Å²) >= 11 is 0. The fourth-order valence-electron chi connectivity index (χ4n) is 0.989. The Kier molecular flexibility index (Phi) is 6.44. The van der Waals surface area contributed by atoms with Crippen LogP contribution >= 0.6 is 0 Å². The molecule has 1 aliphatic rings. The molecule has 0 aromatic rings. The van der Waals surface area contributed by atoms with E-state index < -0.39 is 9.92 Å². The molecule has 5 nitrogen and oxygen atoms in total. The van der Waals surface area contributed by atoms with Crippen LogP contribution in [0.5, 0.6) is 0 Å². The molecule has 0 atom stereocenters. The second kappa shape index (κ2) is 7.65. The summed E-state index contributed by atoms with van der Waals surface area (Å²) in [6.07, 6.45) is 0. The van der Waals surface area contributed by atoms with E-state index in [9.17, 15) is 0 Å². The first kappa shape index (κ1) is 10.1. The minimum absolute atomic E-state index is 0.542. The van der Waals surface area contributed by atoms with Gasteiger partial charge in [-0.25, -0.2) is 5.48 Å². The lowest BCUT2D eigenvalue weighted by Crippen LogP contribution is -2.40. The van der Waals surface area contributed by atoms with Crippen molar-refractivity contribution < 1.29 is 4.53 Å². The number of rotatable bonds is 0. The number of hydroxylamine groups is 1. The average molecular weight is 190 g/mol. The summed E-state index contributed by atoms with van der Waals surface area (Å²) in [5.74, 6) is 0. The van der Waals surface area contributed by atoms with E-state index in [1.165, 1.54) is 0 Å². The monoisotopic (exact) mass is 190 g/mol. The molecule has 6 heteroatoms. The summed E-state index contributed by atoms with van der Waals surface area (Å²) in [4.78, 5) is 3.27. The van der Waals surface area contributed by atoms with Gasteiger partial charge in [-0.2, -0.15) is 0 Å². The molecular weight excluding hydrogens is 172 g/mol. The standard InChI is InChI=1S/C6H18N4OSi/c1-2-8-4-6-10-12-11-9-5-3-7-1/h7-10H,1-6,12H2. The van der Waals surface area contributed by atoms with E-state index in [1.54, 1.807) is 0 Å². The normalized spacial score (nSPS) is 26.0. The molecule has 0 bridgehead atoms. The molecule has 0 unspecified atom stereocenters. The molecule has 1 saturated heterocycles. The number of hydrogen-bond acceptors (Lipinski definition) is 5. The highest BCUT2D eigenvalue weighted by molar-refractivity contribution is 6.23. The van der Waals surface area contributed by atoms with E-state index >= 15 is 0 Å². The molecule has 0 radical (unpaired) electrons. The summed E-state index contributed by atoms with van der Waals surface area (Å²) in [7, 11) is -0.542. The van der Waals surface area contributed by atoms with Crippen LogP contribution in [0.2, 0.25) is 0 Å². The van der Waals surface area contributed by atoms with Crippen molar-refractivity contribution in [2.75, 3.05) is 39.3 Å². The van der Waals surface area contributed by atoms with Crippen LogP contribution in [-0.2, 0) is 4.53 Å². The van der Waals surface area contributed by atoms with Crippen LogP contribution in [-0.4, -0.2) is 49.2 Å². The molecule has 1 rings (SSSR count). The lowest BCUT2D eigenvalue weighted by molar-refractivity contribution is 0.202. The summed E-state index contributed by atoms with van der Waals surface area (Å²) in [5.41, 5.74) is 2.92. The van der Waals surface area contributed by atoms with Crippen molar-refractivity contribution in [3.8, 4) is 0 Å². The second-order valence-electron chi connectivity index (χ2n) is 2.68. The van der Waals surface area contributed by atoms with Crippen molar-refractivity contribution in [2.24, 2.45) is 0 Å². The van der Waals surface area contributed by atoms with Crippen LogP contribution in [0.1, 0.15) is 0 Å². The Balaban J connectivity index is 2.00. The van der Waals surface area contributed by atoms with E-state index in [0.717, 1.165) is 39.3 Å². The van der Waals surface area contributed by atoms with Crippen molar-refractivity contribution in [3.63, 3.8) is 0 Å². The Morgan fingerprint density at radius 1 is 0.833 bits per heavy atom. The van der Waals surface area contributed by atoms with Crippen LogP contribution in [0.3, 0.4) is 0 Å². The highest BCUT2D eigenvalue weighted by atomic mass is 28.2. The summed E-state index contributed by atoms with van der Waals surface area (Å²) in [5, 5.41) is 6.62. The van der Waals surface area contributed by atoms with Crippen molar-refractivity contribution in [2.45, 2.75) is 0 Å². The fourth-order valence-corrected chi connectivity index (χ4v) is 1.66. The number of nitrogens with one attached hydrogen (secondary N) is 4. The Bertz CT molecular complexity index is 62.5. The lowest BCUT2D eigenvalue weighted by Gasteiger charge is -2.11. The molecule has 1 fully saturated rings. The predicted molar refractivity (Wildman–Crippen MR) is 51.4 cm³/mol. The van der Waals surface area contributed by atoms with Gasteiger partial charge in [0.05, 0.1) is 0 Å². The predicted octanol–water partition coefficient (Wildman–Crippen LogP) is -2.71. The van der Waals surface area contributed by atoms with Crippen LogP contribution in [0.25, 0.3) is 0 Å². The summed E-state index contributed by atoms with van der Waals surface area (Å²) < 4.78 is 5.22. The molecule has 0 saturated carbocycles. The quantitative estimate of drug-likeness (QED) is 0.313. The summed E-state index contributed by atoms with van der Waals surface area (Å²) in [6.45, 7) is 5.96. The van der Waals surface area contributed by atoms with E-state index in [2.05, 4.69) is 21.1 Å². The molecule has 1 heterocycles. The van der Waals surface area contributed by atoms with Crippen LogP contribution in [0.4, 0.5) is 0 Å². The third kappa shape index (κ3) is 5.64. The van der Waals surface area contributed by atoms with Gasteiger partial charge in [0.15, 0.2) is 0 Å². The van der Waals surface area contributed by atoms with E-state index in [4.69, 9.17) is 4.53 Å². The second-order valence-corrected chi connectivity index (χ2v) is 3.76.